The number of para-hydroxylation sites is 1. The van der Waals surface area contributed by atoms with E-state index in [1.54, 1.807) is 6.29 Å². The molecule has 0 fully saturated rings. The van der Waals surface area contributed by atoms with E-state index in [1.165, 1.54) is 0 Å². The number of hydrogen-bond donors (Lipinski definition) is 1. The summed E-state index contributed by atoms with van der Waals surface area (Å²) in [5.74, 6) is 0. The van der Waals surface area contributed by atoms with Crippen LogP contribution in [-0.2, 0) is 11.2 Å². The van der Waals surface area contributed by atoms with E-state index in [1.807, 2.05) is 30.5 Å². The molecule has 1 heterocycles. The molecule has 0 saturated carbocycles. The molecule has 2 rings (SSSR count). The van der Waals surface area contributed by atoms with Gasteiger partial charge >= 0.3 is 0 Å². The molecule has 2 N–H and O–H groups in total. The van der Waals surface area contributed by atoms with Gasteiger partial charge in [0, 0.05) is 17.1 Å². The standard InChI is InChI=1S/C11H10N2O/c12-9(7-14)5-8-6-13-11-4-2-1-3-10(8)11/h1-4,6,9,12-13H,5H2. The van der Waals surface area contributed by atoms with Crippen LogP contribution in [0.2, 0.25) is 0 Å². The van der Waals surface area contributed by atoms with E-state index in [-0.39, 0.29) is 0 Å². The van der Waals surface area contributed by atoms with Crippen LogP contribution in [0.4, 0.5) is 0 Å². The fraction of sp³-hybridized carbons (Fsp3) is 0.182. The summed E-state index contributed by atoms with van der Waals surface area (Å²) in [5.41, 5.74) is 9.38. The largest absolute Gasteiger partial charge is 0.361 e. The van der Waals surface area contributed by atoms with Crippen LogP contribution in [-0.4, -0.2) is 17.3 Å². The number of aromatic nitrogens is 1. The van der Waals surface area contributed by atoms with Gasteiger partial charge < -0.3 is 4.98 Å². The van der Waals surface area contributed by atoms with Gasteiger partial charge in [-0.05, 0) is 18.1 Å². The molecule has 0 bridgehead atoms. The highest BCUT2D eigenvalue weighted by Gasteiger charge is 2.08. The first-order chi connectivity index (χ1) is 6.81. The highest BCUT2D eigenvalue weighted by molar-refractivity contribution is 5.83. The topological polar surface area (TPSA) is 56.7 Å². The van der Waals surface area contributed by atoms with Gasteiger partial charge in [-0.1, -0.05) is 18.2 Å². The number of benzene rings is 1. The Morgan fingerprint density at radius 3 is 3.00 bits per heavy atom. The summed E-state index contributed by atoms with van der Waals surface area (Å²) in [6, 6.07) is 7.07. The zero-order valence-electron chi connectivity index (χ0n) is 7.58. The first kappa shape index (κ1) is 8.97. The van der Waals surface area contributed by atoms with Crippen molar-refractivity contribution in [2.24, 2.45) is 0 Å². The highest BCUT2D eigenvalue weighted by Crippen LogP contribution is 2.18. The monoisotopic (exact) mass is 186 g/mol. The molecule has 0 aliphatic heterocycles. The summed E-state index contributed by atoms with van der Waals surface area (Å²) in [6.45, 7) is 0. The molecule has 3 heteroatoms. The predicted molar refractivity (Wildman–Crippen MR) is 54.6 cm³/mol. The molecule has 0 amide bonds. The Labute approximate surface area is 81.9 Å². The lowest BCUT2D eigenvalue weighted by Crippen LogP contribution is -2.13. The molecule has 0 saturated heterocycles. The summed E-state index contributed by atoms with van der Waals surface area (Å²) >= 11 is 0. The second-order valence-electron chi connectivity index (χ2n) is 3.23. The van der Waals surface area contributed by atoms with Gasteiger partial charge in [0.25, 0.3) is 0 Å². The summed E-state index contributed by atoms with van der Waals surface area (Å²) in [6.07, 6.45) is 3.95. The number of hydrogen-bond acceptors (Lipinski definition) is 1. The Hall–Kier alpha value is -1.61. The molecule has 1 atom stereocenters. The Morgan fingerprint density at radius 2 is 2.21 bits per heavy atom. The highest BCUT2D eigenvalue weighted by atomic mass is 16.1. The lowest BCUT2D eigenvalue weighted by Gasteiger charge is -1.99. The van der Waals surface area contributed by atoms with Crippen LogP contribution in [0.25, 0.3) is 10.9 Å². The van der Waals surface area contributed by atoms with Gasteiger partial charge in [-0.3, -0.25) is 4.79 Å². The lowest BCUT2D eigenvalue weighted by atomic mass is 10.1. The number of carbonyl (C=O) groups excluding carboxylic acids is 1. The van der Waals surface area contributed by atoms with E-state index in [2.05, 4.69) is 4.98 Å². The molecule has 2 aromatic rings. The normalized spacial score (nSPS) is 12.9. The van der Waals surface area contributed by atoms with Gasteiger partial charge in [0.2, 0.25) is 6.29 Å². The first-order valence-electron chi connectivity index (χ1n) is 4.45. The van der Waals surface area contributed by atoms with E-state index >= 15 is 0 Å². The third kappa shape index (κ3) is 1.54. The van der Waals surface area contributed by atoms with Crippen molar-refractivity contribution in [1.82, 2.24) is 10.7 Å². The molecular weight excluding hydrogens is 176 g/mol. The molecule has 0 aliphatic carbocycles. The second-order valence-corrected chi connectivity index (χ2v) is 3.23. The van der Waals surface area contributed by atoms with Crippen LogP contribution in [0, 0.1) is 0 Å². The number of nitrogens with one attached hydrogen (secondary N) is 2. The minimum absolute atomic E-state index is 0.424. The molecule has 2 radical (unpaired) electrons. The summed E-state index contributed by atoms with van der Waals surface area (Å²) in [4.78, 5) is 13.3. The van der Waals surface area contributed by atoms with Crippen LogP contribution in [0.1, 0.15) is 5.56 Å². The molecule has 14 heavy (non-hydrogen) atoms. The Balaban J connectivity index is 2.38. The maximum Gasteiger partial charge on any atom is 0.218 e. The van der Waals surface area contributed by atoms with Crippen molar-refractivity contribution >= 4 is 17.2 Å². The molecule has 1 aromatic heterocycles. The van der Waals surface area contributed by atoms with E-state index in [9.17, 15) is 4.79 Å². The van der Waals surface area contributed by atoms with Crippen molar-refractivity contribution in [3.8, 4) is 0 Å². The Morgan fingerprint density at radius 1 is 1.43 bits per heavy atom. The summed E-state index contributed by atoms with van der Waals surface area (Å²) in [7, 11) is 0. The minimum atomic E-state index is -0.783. The molecule has 3 nitrogen and oxygen atoms in total. The van der Waals surface area contributed by atoms with Gasteiger partial charge in [-0.25, -0.2) is 5.73 Å². The zero-order chi connectivity index (χ0) is 9.97. The number of fused-ring (bicyclic) bond motifs is 1. The van der Waals surface area contributed by atoms with Gasteiger partial charge in [0.05, 0.1) is 6.04 Å². The fourth-order valence-corrected chi connectivity index (χ4v) is 1.56. The molecule has 1 aromatic carbocycles. The Bertz CT molecular complexity index is 447. The van der Waals surface area contributed by atoms with Crippen molar-refractivity contribution in [2.75, 3.05) is 0 Å². The maximum absolute atomic E-state index is 10.2. The van der Waals surface area contributed by atoms with Crippen LogP contribution >= 0.6 is 0 Å². The van der Waals surface area contributed by atoms with Crippen molar-refractivity contribution in [3.63, 3.8) is 0 Å². The SMILES string of the molecule is [NH]C([C]=O)Cc1c[nH]c2ccccc12. The van der Waals surface area contributed by atoms with Crippen molar-refractivity contribution < 1.29 is 4.79 Å². The lowest BCUT2D eigenvalue weighted by molar-refractivity contribution is 0.539. The summed E-state index contributed by atoms with van der Waals surface area (Å²) < 4.78 is 0. The number of H-pyrrole nitrogens is 1. The van der Waals surface area contributed by atoms with Crippen LogP contribution in [0.15, 0.2) is 30.5 Å². The molecule has 0 aliphatic rings. The van der Waals surface area contributed by atoms with Crippen molar-refractivity contribution in [3.05, 3.63) is 36.0 Å². The number of rotatable bonds is 3. The van der Waals surface area contributed by atoms with E-state index in [4.69, 9.17) is 5.73 Å². The van der Waals surface area contributed by atoms with E-state index in [0.717, 1.165) is 16.5 Å². The number of aromatic amines is 1. The molecule has 0 spiro atoms. The average molecular weight is 186 g/mol. The van der Waals surface area contributed by atoms with Gasteiger partial charge in [-0.2, -0.15) is 0 Å². The molecule has 1 unspecified atom stereocenters. The average Bonchev–Trinajstić information content (AvgIpc) is 2.62. The van der Waals surface area contributed by atoms with Crippen molar-refractivity contribution in [1.29, 1.82) is 0 Å². The Kier molecular flexibility index (Phi) is 2.33. The zero-order valence-corrected chi connectivity index (χ0v) is 7.58. The van der Waals surface area contributed by atoms with Crippen LogP contribution < -0.4 is 5.73 Å². The van der Waals surface area contributed by atoms with E-state index < -0.39 is 6.04 Å². The van der Waals surface area contributed by atoms with Gasteiger partial charge in [0.15, 0.2) is 0 Å². The van der Waals surface area contributed by atoms with Crippen LogP contribution in [0.5, 0.6) is 0 Å². The minimum Gasteiger partial charge on any atom is -0.361 e. The third-order valence-electron chi connectivity index (χ3n) is 2.24. The smallest absolute Gasteiger partial charge is 0.218 e. The fourth-order valence-electron chi connectivity index (χ4n) is 1.56. The van der Waals surface area contributed by atoms with Gasteiger partial charge in [-0.15, -0.1) is 0 Å². The van der Waals surface area contributed by atoms with E-state index in [0.29, 0.717) is 6.42 Å². The third-order valence-corrected chi connectivity index (χ3v) is 2.24. The molecular formula is C11H10N2O. The maximum atomic E-state index is 10.2. The first-order valence-corrected chi connectivity index (χ1v) is 4.45. The molecule has 70 valence electrons. The quantitative estimate of drug-likeness (QED) is 0.775. The van der Waals surface area contributed by atoms with Crippen LogP contribution in [0.3, 0.4) is 0 Å². The summed E-state index contributed by atoms with van der Waals surface area (Å²) in [5, 5.41) is 1.08. The second kappa shape index (κ2) is 3.64. The van der Waals surface area contributed by atoms with Gasteiger partial charge in [0.1, 0.15) is 0 Å². The predicted octanol–water partition coefficient (Wildman–Crippen LogP) is 1.47. The van der Waals surface area contributed by atoms with Crippen molar-refractivity contribution in [2.45, 2.75) is 12.5 Å².